The van der Waals surface area contributed by atoms with E-state index < -0.39 is 0 Å². The number of ether oxygens (including phenoxy) is 1. The lowest BCUT2D eigenvalue weighted by atomic mass is 10.1. The molecule has 29 heavy (non-hydrogen) atoms. The van der Waals surface area contributed by atoms with E-state index in [9.17, 15) is 9.59 Å². The molecule has 0 saturated heterocycles. The number of anilines is 1. The standard InChI is InChI=1S/C21H25ClIN3O3/c1-4-26(5-2)11-10-24-21(28)16-12-17(23)18(13-19(16)29-3)25-20(27)14-6-8-15(22)9-7-14/h6-9,12-13H,4-5,10-11H2,1-3H3,(H,24,28)(H,25,27). The molecule has 0 atom stereocenters. The van der Waals surface area contributed by atoms with Crippen molar-refractivity contribution in [3.05, 3.63) is 56.1 Å². The average Bonchev–Trinajstić information content (AvgIpc) is 2.72. The summed E-state index contributed by atoms with van der Waals surface area (Å²) >= 11 is 7.96. The van der Waals surface area contributed by atoms with Crippen molar-refractivity contribution in [1.82, 2.24) is 10.2 Å². The summed E-state index contributed by atoms with van der Waals surface area (Å²) in [4.78, 5) is 27.3. The predicted molar refractivity (Wildman–Crippen MR) is 125 cm³/mol. The minimum atomic E-state index is -0.266. The van der Waals surface area contributed by atoms with E-state index in [1.165, 1.54) is 7.11 Å². The predicted octanol–water partition coefficient (Wildman–Crippen LogP) is 4.28. The van der Waals surface area contributed by atoms with Crippen LogP contribution in [-0.2, 0) is 0 Å². The zero-order valence-electron chi connectivity index (χ0n) is 16.7. The fourth-order valence-electron chi connectivity index (χ4n) is 2.75. The quantitative estimate of drug-likeness (QED) is 0.476. The number of likely N-dealkylation sites (N-methyl/N-ethyl adjacent to an activating group) is 1. The van der Waals surface area contributed by atoms with E-state index in [2.05, 4.69) is 52.0 Å². The Morgan fingerprint density at radius 3 is 2.34 bits per heavy atom. The van der Waals surface area contributed by atoms with Gasteiger partial charge in [-0.3, -0.25) is 9.59 Å². The van der Waals surface area contributed by atoms with Crippen molar-refractivity contribution < 1.29 is 14.3 Å². The summed E-state index contributed by atoms with van der Waals surface area (Å²) in [5.74, 6) is -0.0716. The molecule has 0 bridgehead atoms. The van der Waals surface area contributed by atoms with Crippen LogP contribution in [0.25, 0.3) is 0 Å². The summed E-state index contributed by atoms with van der Waals surface area (Å²) in [6.45, 7) is 7.40. The minimum Gasteiger partial charge on any atom is -0.496 e. The number of halogens is 2. The van der Waals surface area contributed by atoms with E-state index in [0.717, 1.165) is 23.2 Å². The maximum Gasteiger partial charge on any atom is 0.255 e. The molecule has 0 aliphatic carbocycles. The normalized spacial score (nSPS) is 10.7. The number of carbonyl (C=O) groups excluding carboxylic acids is 2. The van der Waals surface area contributed by atoms with Gasteiger partial charge >= 0.3 is 0 Å². The number of methoxy groups -OCH3 is 1. The third kappa shape index (κ3) is 6.58. The first kappa shape index (κ1) is 23.4. The molecular weight excluding hydrogens is 505 g/mol. The summed E-state index contributed by atoms with van der Waals surface area (Å²) in [5.41, 5.74) is 1.49. The van der Waals surface area contributed by atoms with Crippen LogP contribution in [0.3, 0.4) is 0 Å². The largest absolute Gasteiger partial charge is 0.496 e. The molecule has 156 valence electrons. The van der Waals surface area contributed by atoms with E-state index in [0.29, 0.717) is 34.1 Å². The molecule has 2 N–H and O–H groups in total. The van der Waals surface area contributed by atoms with E-state index >= 15 is 0 Å². The SMILES string of the molecule is CCN(CC)CCNC(=O)c1cc(I)c(NC(=O)c2ccc(Cl)cc2)cc1OC. The fraction of sp³-hybridized carbons (Fsp3) is 0.333. The zero-order valence-corrected chi connectivity index (χ0v) is 19.6. The number of benzene rings is 2. The molecule has 0 saturated carbocycles. The van der Waals surface area contributed by atoms with Gasteiger partial charge in [-0.15, -0.1) is 0 Å². The molecule has 2 aromatic carbocycles. The molecule has 6 nitrogen and oxygen atoms in total. The lowest BCUT2D eigenvalue weighted by molar-refractivity contribution is 0.0945. The summed E-state index contributed by atoms with van der Waals surface area (Å²) in [6.07, 6.45) is 0. The highest BCUT2D eigenvalue weighted by Crippen LogP contribution is 2.29. The van der Waals surface area contributed by atoms with Crippen molar-refractivity contribution in [1.29, 1.82) is 0 Å². The summed E-state index contributed by atoms with van der Waals surface area (Å²) < 4.78 is 6.13. The molecule has 8 heteroatoms. The van der Waals surface area contributed by atoms with E-state index in [1.54, 1.807) is 36.4 Å². The van der Waals surface area contributed by atoms with Crippen LogP contribution in [0, 0.1) is 3.57 Å². The molecule has 0 heterocycles. The number of nitrogens with one attached hydrogen (secondary N) is 2. The minimum absolute atomic E-state index is 0.206. The Bertz CT molecular complexity index is 855. The maximum atomic E-state index is 12.6. The third-order valence-electron chi connectivity index (χ3n) is 4.50. The third-order valence-corrected chi connectivity index (χ3v) is 5.64. The van der Waals surface area contributed by atoms with E-state index in [4.69, 9.17) is 16.3 Å². The first-order valence-electron chi connectivity index (χ1n) is 9.34. The first-order valence-corrected chi connectivity index (χ1v) is 10.8. The van der Waals surface area contributed by atoms with Gasteiger partial charge in [0.25, 0.3) is 11.8 Å². The Morgan fingerprint density at radius 2 is 1.76 bits per heavy atom. The van der Waals surface area contributed by atoms with Gasteiger partial charge in [0, 0.05) is 33.3 Å². The highest BCUT2D eigenvalue weighted by Gasteiger charge is 2.17. The lowest BCUT2D eigenvalue weighted by Crippen LogP contribution is -2.35. The second kappa shape index (κ2) is 11.4. The Morgan fingerprint density at radius 1 is 1.10 bits per heavy atom. The van der Waals surface area contributed by atoms with Crippen LogP contribution < -0.4 is 15.4 Å². The average molecular weight is 530 g/mol. The van der Waals surface area contributed by atoms with Gasteiger partial charge in [0.15, 0.2) is 0 Å². The molecule has 2 rings (SSSR count). The Balaban J connectivity index is 2.12. The van der Waals surface area contributed by atoms with Gasteiger partial charge in [-0.25, -0.2) is 0 Å². The van der Waals surface area contributed by atoms with E-state index in [1.807, 2.05) is 0 Å². The summed E-state index contributed by atoms with van der Waals surface area (Å²) in [7, 11) is 1.50. The van der Waals surface area contributed by atoms with Crippen LogP contribution in [0.15, 0.2) is 36.4 Å². The van der Waals surface area contributed by atoms with Gasteiger partial charge in [-0.1, -0.05) is 25.4 Å². The van der Waals surface area contributed by atoms with Gasteiger partial charge in [0.05, 0.1) is 18.4 Å². The number of nitrogens with zero attached hydrogens (tertiary/aromatic N) is 1. The Hall–Kier alpha value is -1.84. The van der Waals surface area contributed by atoms with Crippen molar-refractivity contribution in [2.75, 3.05) is 38.6 Å². The van der Waals surface area contributed by atoms with Crippen molar-refractivity contribution in [2.24, 2.45) is 0 Å². The van der Waals surface area contributed by atoms with Gasteiger partial charge in [0.2, 0.25) is 0 Å². The van der Waals surface area contributed by atoms with Gasteiger partial charge in [-0.2, -0.15) is 0 Å². The van der Waals surface area contributed by atoms with Crippen LogP contribution in [0.1, 0.15) is 34.6 Å². The summed E-state index contributed by atoms with van der Waals surface area (Å²) in [5, 5.41) is 6.34. The number of amides is 2. The molecule has 0 aromatic heterocycles. The van der Waals surface area contributed by atoms with Crippen molar-refractivity contribution in [3.8, 4) is 5.75 Å². The zero-order chi connectivity index (χ0) is 21.4. The smallest absolute Gasteiger partial charge is 0.255 e. The highest BCUT2D eigenvalue weighted by atomic mass is 127. The number of carbonyl (C=O) groups is 2. The van der Waals surface area contributed by atoms with Gasteiger partial charge in [-0.05, 0) is 66.0 Å². The second-order valence-electron chi connectivity index (χ2n) is 6.28. The topological polar surface area (TPSA) is 70.7 Å². The Labute approximate surface area is 190 Å². The monoisotopic (exact) mass is 529 g/mol. The molecule has 0 unspecified atom stereocenters. The van der Waals surface area contributed by atoms with Crippen LogP contribution in [0.4, 0.5) is 5.69 Å². The lowest BCUT2D eigenvalue weighted by Gasteiger charge is -2.18. The molecule has 0 fully saturated rings. The van der Waals surface area contributed by atoms with Crippen LogP contribution >= 0.6 is 34.2 Å². The van der Waals surface area contributed by atoms with Gasteiger partial charge < -0.3 is 20.3 Å². The highest BCUT2D eigenvalue weighted by molar-refractivity contribution is 14.1. The summed E-state index contributed by atoms with van der Waals surface area (Å²) in [6, 6.07) is 10.00. The molecule has 0 radical (unpaired) electrons. The van der Waals surface area contributed by atoms with Crippen LogP contribution in [-0.4, -0.2) is 50.0 Å². The first-order chi connectivity index (χ1) is 13.9. The number of hydrogen-bond donors (Lipinski definition) is 2. The van der Waals surface area contributed by atoms with Crippen LogP contribution in [0.5, 0.6) is 5.75 Å². The van der Waals surface area contributed by atoms with E-state index in [-0.39, 0.29) is 11.8 Å². The molecular formula is C21H25ClIN3O3. The van der Waals surface area contributed by atoms with Crippen molar-refractivity contribution in [3.63, 3.8) is 0 Å². The second-order valence-corrected chi connectivity index (χ2v) is 7.87. The molecule has 0 aliphatic heterocycles. The Kier molecular flexibility index (Phi) is 9.19. The number of rotatable bonds is 9. The van der Waals surface area contributed by atoms with Gasteiger partial charge in [0.1, 0.15) is 5.75 Å². The molecule has 2 aromatic rings. The molecule has 2 amide bonds. The molecule has 0 aliphatic rings. The van der Waals surface area contributed by atoms with Crippen molar-refractivity contribution >= 4 is 51.7 Å². The van der Waals surface area contributed by atoms with Crippen molar-refractivity contribution in [2.45, 2.75) is 13.8 Å². The maximum absolute atomic E-state index is 12.6. The molecule has 0 spiro atoms. The fourth-order valence-corrected chi connectivity index (χ4v) is 3.48. The van der Waals surface area contributed by atoms with Crippen LogP contribution in [0.2, 0.25) is 5.02 Å². The number of hydrogen-bond acceptors (Lipinski definition) is 4.